The summed E-state index contributed by atoms with van der Waals surface area (Å²) in [6.45, 7) is 1.96. The zero-order valence-electron chi connectivity index (χ0n) is 9.45. The Hall–Kier alpha value is -0.610. The van der Waals surface area contributed by atoms with Crippen LogP contribution in [-0.2, 0) is 0 Å². The summed E-state index contributed by atoms with van der Waals surface area (Å²) < 4.78 is 6.86. The number of rotatable bonds is 2. The van der Waals surface area contributed by atoms with Gasteiger partial charge in [0.25, 0.3) is 0 Å². The maximum Gasteiger partial charge on any atom is 0.213 e. The Morgan fingerprint density at radius 1 is 1.44 bits per heavy atom. The molecule has 88 valence electrons. The van der Waals surface area contributed by atoms with Gasteiger partial charge in [0.15, 0.2) is 0 Å². The summed E-state index contributed by atoms with van der Waals surface area (Å²) in [5.74, 6) is 0.708. The van der Waals surface area contributed by atoms with E-state index < -0.39 is 0 Å². The van der Waals surface area contributed by atoms with Gasteiger partial charge in [0, 0.05) is 16.6 Å². The SMILES string of the molecule is Cc1nc(OC2CCCC(N)C2)ccc1Br. The van der Waals surface area contributed by atoms with Crippen molar-refractivity contribution in [1.82, 2.24) is 4.98 Å². The van der Waals surface area contributed by atoms with Crippen molar-refractivity contribution < 1.29 is 4.74 Å². The number of aryl methyl sites for hydroxylation is 1. The molecule has 2 atom stereocenters. The number of nitrogens with zero attached hydrogens (tertiary/aromatic N) is 1. The van der Waals surface area contributed by atoms with Crippen molar-refractivity contribution >= 4 is 15.9 Å². The van der Waals surface area contributed by atoms with Crippen molar-refractivity contribution in [3.8, 4) is 5.88 Å². The van der Waals surface area contributed by atoms with Crippen LogP contribution in [0.3, 0.4) is 0 Å². The lowest BCUT2D eigenvalue weighted by atomic mass is 9.94. The lowest BCUT2D eigenvalue weighted by molar-refractivity contribution is 0.138. The minimum Gasteiger partial charge on any atom is -0.474 e. The average molecular weight is 285 g/mol. The Balaban J connectivity index is 2.00. The highest BCUT2D eigenvalue weighted by Gasteiger charge is 2.20. The molecule has 1 saturated carbocycles. The Labute approximate surface area is 105 Å². The topological polar surface area (TPSA) is 48.1 Å². The predicted molar refractivity (Wildman–Crippen MR) is 67.5 cm³/mol. The van der Waals surface area contributed by atoms with Crippen LogP contribution in [0.1, 0.15) is 31.4 Å². The molecule has 0 amide bonds. The van der Waals surface area contributed by atoms with E-state index in [0.29, 0.717) is 5.88 Å². The molecule has 0 saturated heterocycles. The smallest absolute Gasteiger partial charge is 0.213 e. The third-order valence-electron chi connectivity index (χ3n) is 2.95. The Bertz CT molecular complexity index is 370. The number of halogens is 1. The van der Waals surface area contributed by atoms with Gasteiger partial charge in [0.2, 0.25) is 5.88 Å². The summed E-state index contributed by atoms with van der Waals surface area (Å²) in [5.41, 5.74) is 6.88. The molecule has 2 unspecified atom stereocenters. The lowest BCUT2D eigenvalue weighted by Gasteiger charge is -2.26. The fraction of sp³-hybridized carbons (Fsp3) is 0.583. The molecule has 2 rings (SSSR count). The zero-order chi connectivity index (χ0) is 11.5. The molecule has 1 heterocycles. The van der Waals surface area contributed by atoms with Gasteiger partial charge in [0.05, 0.1) is 5.69 Å². The van der Waals surface area contributed by atoms with Crippen LogP contribution in [-0.4, -0.2) is 17.1 Å². The second kappa shape index (κ2) is 5.15. The van der Waals surface area contributed by atoms with Crippen LogP contribution in [0.15, 0.2) is 16.6 Å². The van der Waals surface area contributed by atoms with Gasteiger partial charge in [-0.1, -0.05) is 0 Å². The molecular formula is C12H17BrN2O. The van der Waals surface area contributed by atoms with Crippen LogP contribution in [0, 0.1) is 6.92 Å². The summed E-state index contributed by atoms with van der Waals surface area (Å²) in [4.78, 5) is 4.38. The maximum absolute atomic E-state index is 5.92. The zero-order valence-corrected chi connectivity index (χ0v) is 11.0. The standard InChI is InChI=1S/C12H17BrN2O/c1-8-11(13)5-6-12(15-8)16-10-4-2-3-9(14)7-10/h5-6,9-10H,2-4,7,14H2,1H3. The van der Waals surface area contributed by atoms with E-state index in [-0.39, 0.29) is 12.1 Å². The van der Waals surface area contributed by atoms with E-state index >= 15 is 0 Å². The Kier molecular flexibility index (Phi) is 3.82. The highest BCUT2D eigenvalue weighted by molar-refractivity contribution is 9.10. The van der Waals surface area contributed by atoms with E-state index in [1.54, 1.807) is 0 Å². The second-order valence-corrected chi connectivity index (χ2v) is 5.24. The first-order valence-corrected chi connectivity index (χ1v) is 6.50. The molecule has 1 aromatic heterocycles. The molecule has 1 aromatic rings. The van der Waals surface area contributed by atoms with E-state index in [1.807, 2.05) is 19.1 Å². The molecule has 0 bridgehead atoms. The fourth-order valence-corrected chi connectivity index (χ4v) is 2.27. The van der Waals surface area contributed by atoms with E-state index in [4.69, 9.17) is 10.5 Å². The molecule has 0 aromatic carbocycles. The van der Waals surface area contributed by atoms with Crippen molar-refractivity contribution in [2.24, 2.45) is 5.73 Å². The highest BCUT2D eigenvalue weighted by Crippen LogP contribution is 2.23. The predicted octanol–water partition coefficient (Wildman–Crippen LogP) is 2.80. The van der Waals surface area contributed by atoms with E-state index in [0.717, 1.165) is 35.8 Å². The van der Waals surface area contributed by atoms with Gasteiger partial charge in [0.1, 0.15) is 6.10 Å². The van der Waals surface area contributed by atoms with Crippen LogP contribution >= 0.6 is 15.9 Å². The van der Waals surface area contributed by atoms with Crippen molar-refractivity contribution in [1.29, 1.82) is 0 Å². The lowest BCUT2D eigenvalue weighted by Crippen LogP contribution is -2.33. The molecule has 2 N–H and O–H groups in total. The first kappa shape index (κ1) is 11.9. The Morgan fingerprint density at radius 3 is 2.94 bits per heavy atom. The highest BCUT2D eigenvalue weighted by atomic mass is 79.9. The van der Waals surface area contributed by atoms with Gasteiger partial charge >= 0.3 is 0 Å². The summed E-state index contributed by atoms with van der Waals surface area (Å²) in [7, 11) is 0. The maximum atomic E-state index is 5.92. The van der Waals surface area contributed by atoms with Crippen LogP contribution in [0.2, 0.25) is 0 Å². The summed E-state index contributed by atoms with van der Waals surface area (Å²) >= 11 is 3.43. The first-order chi connectivity index (χ1) is 7.65. The number of hydrogen-bond donors (Lipinski definition) is 1. The first-order valence-electron chi connectivity index (χ1n) is 5.70. The van der Waals surface area contributed by atoms with E-state index in [1.165, 1.54) is 0 Å². The molecule has 0 aliphatic heterocycles. The monoisotopic (exact) mass is 284 g/mol. The van der Waals surface area contributed by atoms with Crippen molar-refractivity contribution in [2.75, 3.05) is 0 Å². The summed E-state index contributed by atoms with van der Waals surface area (Å²) in [6.07, 6.45) is 4.53. The fourth-order valence-electron chi connectivity index (χ4n) is 2.05. The minimum atomic E-state index is 0.233. The van der Waals surface area contributed by atoms with Crippen molar-refractivity contribution in [2.45, 2.75) is 44.8 Å². The normalized spacial score (nSPS) is 25.4. The van der Waals surface area contributed by atoms with Gasteiger partial charge in [-0.3, -0.25) is 0 Å². The largest absolute Gasteiger partial charge is 0.474 e. The van der Waals surface area contributed by atoms with Crippen LogP contribution in [0.25, 0.3) is 0 Å². The van der Waals surface area contributed by atoms with Crippen LogP contribution in [0.5, 0.6) is 5.88 Å². The van der Waals surface area contributed by atoms with Gasteiger partial charge in [-0.2, -0.15) is 0 Å². The molecule has 16 heavy (non-hydrogen) atoms. The molecule has 3 nitrogen and oxygen atoms in total. The average Bonchev–Trinajstić information content (AvgIpc) is 2.24. The number of hydrogen-bond acceptors (Lipinski definition) is 3. The molecule has 1 fully saturated rings. The summed E-state index contributed by atoms with van der Waals surface area (Å²) in [6, 6.07) is 4.16. The van der Waals surface area contributed by atoms with Crippen LogP contribution < -0.4 is 10.5 Å². The molecule has 1 aliphatic rings. The molecular weight excluding hydrogens is 268 g/mol. The summed E-state index contributed by atoms with van der Waals surface area (Å²) in [5, 5.41) is 0. The molecule has 0 radical (unpaired) electrons. The quantitative estimate of drug-likeness (QED) is 0.909. The number of aromatic nitrogens is 1. The molecule has 0 spiro atoms. The molecule has 1 aliphatic carbocycles. The number of ether oxygens (including phenoxy) is 1. The molecule has 4 heteroatoms. The minimum absolute atomic E-state index is 0.233. The van der Waals surface area contributed by atoms with Crippen LogP contribution in [0.4, 0.5) is 0 Å². The van der Waals surface area contributed by atoms with Gasteiger partial charge < -0.3 is 10.5 Å². The van der Waals surface area contributed by atoms with Gasteiger partial charge in [-0.25, -0.2) is 4.98 Å². The number of pyridine rings is 1. The van der Waals surface area contributed by atoms with Gasteiger partial charge in [-0.15, -0.1) is 0 Å². The third-order valence-corrected chi connectivity index (χ3v) is 3.79. The number of nitrogens with two attached hydrogens (primary N) is 1. The Morgan fingerprint density at radius 2 is 2.25 bits per heavy atom. The van der Waals surface area contributed by atoms with Gasteiger partial charge in [-0.05, 0) is 54.6 Å². The van der Waals surface area contributed by atoms with Crippen molar-refractivity contribution in [3.05, 3.63) is 22.3 Å². The van der Waals surface area contributed by atoms with Crippen molar-refractivity contribution in [3.63, 3.8) is 0 Å². The second-order valence-electron chi connectivity index (χ2n) is 4.38. The third kappa shape index (κ3) is 2.95. The van der Waals surface area contributed by atoms with E-state index in [9.17, 15) is 0 Å². The van der Waals surface area contributed by atoms with E-state index in [2.05, 4.69) is 20.9 Å².